The number of pyridine rings is 1. The van der Waals surface area contributed by atoms with Gasteiger partial charge in [-0.05, 0) is 53.1 Å². The number of ether oxygens (including phenoxy) is 1. The van der Waals surface area contributed by atoms with Gasteiger partial charge in [0.15, 0.2) is 0 Å². The van der Waals surface area contributed by atoms with Crippen LogP contribution in [0, 0.1) is 5.82 Å². The van der Waals surface area contributed by atoms with E-state index in [-0.39, 0.29) is 5.82 Å². The molecule has 2 aromatic carbocycles. The Morgan fingerprint density at radius 3 is 2.50 bits per heavy atom. The summed E-state index contributed by atoms with van der Waals surface area (Å²) in [7, 11) is 0. The van der Waals surface area contributed by atoms with Gasteiger partial charge in [0.25, 0.3) is 0 Å². The highest BCUT2D eigenvalue weighted by atomic mass is 19.1. The molecule has 0 saturated carbocycles. The number of hydrogen-bond acceptors (Lipinski definition) is 2. The van der Waals surface area contributed by atoms with Crippen molar-refractivity contribution >= 4 is 11.0 Å². The summed E-state index contributed by atoms with van der Waals surface area (Å²) in [6.07, 6.45) is 3.69. The average Bonchev–Trinajstić information content (AvgIpc) is 3.10. The number of aromatic nitrogens is 2. The fourth-order valence-electron chi connectivity index (χ4n) is 2.69. The van der Waals surface area contributed by atoms with E-state index in [2.05, 4.69) is 9.97 Å². The van der Waals surface area contributed by atoms with Gasteiger partial charge in [-0.25, -0.2) is 9.37 Å². The maximum absolute atomic E-state index is 12.9. The van der Waals surface area contributed by atoms with Crippen LogP contribution < -0.4 is 4.74 Å². The van der Waals surface area contributed by atoms with E-state index in [9.17, 15) is 4.39 Å². The summed E-state index contributed by atoms with van der Waals surface area (Å²) in [5.41, 5.74) is 4.05. The van der Waals surface area contributed by atoms with E-state index in [1.54, 1.807) is 18.3 Å². The van der Waals surface area contributed by atoms with Crippen molar-refractivity contribution in [2.75, 3.05) is 0 Å². The predicted octanol–water partition coefficient (Wildman–Crippen LogP) is 4.95. The maximum atomic E-state index is 12.9. The lowest BCUT2D eigenvalue weighted by molar-refractivity contribution is 0.306. The van der Waals surface area contributed by atoms with Crippen LogP contribution in [-0.2, 0) is 6.61 Å². The van der Waals surface area contributed by atoms with Crippen LogP contribution >= 0.6 is 0 Å². The van der Waals surface area contributed by atoms with Gasteiger partial charge in [-0.2, -0.15) is 0 Å². The summed E-state index contributed by atoms with van der Waals surface area (Å²) in [4.78, 5) is 7.43. The fourth-order valence-corrected chi connectivity index (χ4v) is 2.69. The van der Waals surface area contributed by atoms with Crippen molar-refractivity contribution in [2.45, 2.75) is 6.61 Å². The SMILES string of the molecule is Fc1ccc(COc2ccc(-c3ccnc4[nH]ccc34)cc2)cc1. The number of hydrogen-bond donors (Lipinski definition) is 1. The minimum absolute atomic E-state index is 0.239. The van der Waals surface area contributed by atoms with Crippen molar-refractivity contribution in [1.82, 2.24) is 9.97 Å². The predicted molar refractivity (Wildman–Crippen MR) is 92.3 cm³/mol. The molecular weight excluding hydrogens is 303 g/mol. The third-order valence-corrected chi connectivity index (χ3v) is 3.94. The highest BCUT2D eigenvalue weighted by molar-refractivity contribution is 5.92. The van der Waals surface area contributed by atoms with Gasteiger partial charge in [-0.15, -0.1) is 0 Å². The van der Waals surface area contributed by atoms with Crippen LogP contribution in [0.1, 0.15) is 5.56 Å². The van der Waals surface area contributed by atoms with Crippen LogP contribution in [0.25, 0.3) is 22.2 Å². The zero-order valence-corrected chi connectivity index (χ0v) is 12.9. The highest BCUT2D eigenvalue weighted by Crippen LogP contribution is 2.28. The molecule has 0 atom stereocenters. The summed E-state index contributed by atoms with van der Waals surface area (Å²) >= 11 is 0. The Kier molecular flexibility index (Phi) is 3.71. The van der Waals surface area contributed by atoms with Crippen molar-refractivity contribution in [3.8, 4) is 16.9 Å². The van der Waals surface area contributed by atoms with E-state index in [1.807, 2.05) is 42.6 Å². The second-order valence-corrected chi connectivity index (χ2v) is 5.54. The Labute approximate surface area is 138 Å². The van der Waals surface area contributed by atoms with Crippen molar-refractivity contribution in [1.29, 1.82) is 0 Å². The first-order valence-corrected chi connectivity index (χ1v) is 7.69. The van der Waals surface area contributed by atoms with Gasteiger partial charge in [-0.1, -0.05) is 24.3 Å². The van der Waals surface area contributed by atoms with Gasteiger partial charge in [-0.3, -0.25) is 0 Å². The van der Waals surface area contributed by atoms with Crippen molar-refractivity contribution in [3.63, 3.8) is 0 Å². The molecule has 4 heteroatoms. The Hall–Kier alpha value is -3.14. The lowest BCUT2D eigenvalue weighted by atomic mass is 10.0. The summed E-state index contributed by atoms with van der Waals surface area (Å²) in [6.45, 7) is 0.414. The summed E-state index contributed by atoms with van der Waals surface area (Å²) in [5.74, 6) is 0.541. The number of H-pyrrole nitrogens is 1. The molecule has 4 aromatic rings. The van der Waals surface area contributed by atoms with Gasteiger partial charge >= 0.3 is 0 Å². The lowest BCUT2D eigenvalue weighted by Crippen LogP contribution is -1.95. The zero-order chi connectivity index (χ0) is 16.4. The second-order valence-electron chi connectivity index (χ2n) is 5.54. The van der Waals surface area contributed by atoms with Crippen LogP contribution in [-0.4, -0.2) is 9.97 Å². The second kappa shape index (κ2) is 6.16. The molecule has 24 heavy (non-hydrogen) atoms. The normalized spacial score (nSPS) is 10.9. The van der Waals surface area contributed by atoms with Gasteiger partial charge < -0.3 is 9.72 Å². The van der Waals surface area contributed by atoms with Crippen LogP contribution in [0.15, 0.2) is 73.1 Å². The maximum Gasteiger partial charge on any atom is 0.137 e. The van der Waals surface area contributed by atoms with Crippen molar-refractivity contribution in [3.05, 3.63) is 84.4 Å². The molecule has 0 bridgehead atoms. The molecule has 2 heterocycles. The topological polar surface area (TPSA) is 37.9 Å². The molecule has 0 aliphatic heterocycles. The lowest BCUT2D eigenvalue weighted by Gasteiger charge is -2.08. The quantitative estimate of drug-likeness (QED) is 0.578. The fraction of sp³-hybridized carbons (Fsp3) is 0.0500. The molecule has 118 valence electrons. The molecule has 0 aliphatic carbocycles. The average molecular weight is 318 g/mol. The Morgan fingerprint density at radius 2 is 1.71 bits per heavy atom. The van der Waals surface area contributed by atoms with Gasteiger partial charge in [0.2, 0.25) is 0 Å². The van der Waals surface area contributed by atoms with Gasteiger partial charge in [0, 0.05) is 17.8 Å². The first-order chi connectivity index (χ1) is 11.8. The molecule has 0 fully saturated rings. The molecule has 0 spiro atoms. The number of nitrogens with one attached hydrogen (secondary N) is 1. The smallest absolute Gasteiger partial charge is 0.137 e. The third-order valence-electron chi connectivity index (χ3n) is 3.94. The van der Waals surface area contributed by atoms with Crippen LogP contribution in [0.4, 0.5) is 4.39 Å². The molecule has 0 amide bonds. The zero-order valence-electron chi connectivity index (χ0n) is 12.9. The van der Waals surface area contributed by atoms with Gasteiger partial charge in [0.1, 0.15) is 23.8 Å². The molecule has 0 aliphatic rings. The molecule has 0 unspecified atom stereocenters. The Balaban J connectivity index is 1.52. The Bertz CT molecular complexity index is 959. The molecule has 1 N–H and O–H groups in total. The first-order valence-electron chi connectivity index (χ1n) is 7.69. The van der Waals surface area contributed by atoms with Crippen molar-refractivity contribution in [2.24, 2.45) is 0 Å². The summed E-state index contributed by atoms with van der Waals surface area (Å²) < 4.78 is 18.6. The largest absolute Gasteiger partial charge is 0.489 e. The minimum atomic E-state index is -0.239. The Morgan fingerprint density at radius 1 is 0.917 bits per heavy atom. The number of benzene rings is 2. The minimum Gasteiger partial charge on any atom is -0.489 e. The van der Waals surface area contributed by atoms with E-state index >= 15 is 0 Å². The van der Waals surface area contributed by atoms with Crippen LogP contribution in [0.3, 0.4) is 0 Å². The molecular formula is C20H15FN2O. The van der Waals surface area contributed by atoms with E-state index in [1.165, 1.54) is 12.1 Å². The molecule has 3 nitrogen and oxygen atoms in total. The molecule has 2 aromatic heterocycles. The number of rotatable bonds is 4. The van der Waals surface area contributed by atoms with Crippen LogP contribution in [0.2, 0.25) is 0 Å². The monoisotopic (exact) mass is 318 g/mol. The van der Waals surface area contributed by atoms with Crippen LogP contribution in [0.5, 0.6) is 5.75 Å². The third kappa shape index (κ3) is 2.86. The molecule has 0 saturated heterocycles. The molecule has 0 radical (unpaired) electrons. The van der Waals surface area contributed by atoms with E-state index in [4.69, 9.17) is 4.74 Å². The number of fused-ring (bicyclic) bond motifs is 1. The number of nitrogens with zero attached hydrogens (tertiary/aromatic N) is 1. The van der Waals surface area contributed by atoms with E-state index < -0.39 is 0 Å². The highest BCUT2D eigenvalue weighted by Gasteiger charge is 2.05. The number of halogens is 1. The first kappa shape index (κ1) is 14.5. The van der Waals surface area contributed by atoms with Crippen molar-refractivity contribution < 1.29 is 9.13 Å². The van der Waals surface area contributed by atoms with E-state index in [0.29, 0.717) is 6.61 Å². The number of aromatic amines is 1. The summed E-state index contributed by atoms with van der Waals surface area (Å²) in [5, 5.41) is 1.09. The summed E-state index contributed by atoms with van der Waals surface area (Å²) in [6, 6.07) is 18.3. The standard InChI is InChI=1S/C20H15FN2O/c21-16-5-1-14(2-6-16)13-24-17-7-3-15(4-8-17)18-9-11-22-20-19(18)10-12-23-20/h1-12H,13H2,(H,22,23). The van der Waals surface area contributed by atoms with E-state index in [0.717, 1.165) is 33.5 Å². The molecule has 4 rings (SSSR count). The van der Waals surface area contributed by atoms with Gasteiger partial charge in [0.05, 0.1) is 0 Å².